The van der Waals surface area contributed by atoms with Crippen LogP contribution in [0.5, 0.6) is 0 Å². The van der Waals surface area contributed by atoms with Crippen molar-refractivity contribution >= 4 is 37.2 Å². The van der Waals surface area contributed by atoms with Crippen LogP contribution >= 0.6 is 22.3 Å². The van der Waals surface area contributed by atoms with Gasteiger partial charge in [0.1, 0.15) is 6.54 Å². The van der Waals surface area contributed by atoms with Crippen LogP contribution in [0.1, 0.15) is 10.4 Å². The Morgan fingerprint density at radius 1 is 1.26 bits per heavy atom. The Labute approximate surface area is 115 Å². The third-order valence-corrected chi connectivity index (χ3v) is 3.42. The van der Waals surface area contributed by atoms with Crippen molar-refractivity contribution in [1.82, 2.24) is 5.32 Å². The van der Waals surface area contributed by atoms with Gasteiger partial charge in [-0.3, -0.25) is 4.79 Å². The minimum absolute atomic E-state index is 0.140. The van der Waals surface area contributed by atoms with Crippen molar-refractivity contribution in [2.75, 3.05) is 6.54 Å². The Morgan fingerprint density at radius 2 is 1.84 bits per heavy atom. The van der Waals surface area contributed by atoms with Crippen molar-refractivity contribution in [3.63, 3.8) is 0 Å². The second-order valence-electron chi connectivity index (χ2n) is 3.41. The maximum atomic E-state index is 11.9. The zero-order valence-corrected chi connectivity index (χ0v) is 11.3. The van der Waals surface area contributed by atoms with E-state index in [4.69, 9.17) is 22.3 Å². The number of nitrogens with one attached hydrogen (secondary N) is 1. The van der Waals surface area contributed by atoms with Gasteiger partial charge in [0.25, 0.3) is 15.0 Å². The van der Waals surface area contributed by atoms with Gasteiger partial charge in [0.15, 0.2) is 0 Å². The number of carbonyl (C=O) groups is 1. The van der Waals surface area contributed by atoms with Gasteiger partial charge < -0.3 is 5.32 Å². The van der Waals surface area contributed by atoms with E-state index in [0.717, 1.165) is 18.2 Å². The highest BCUT2D eigenvalue weighted by Crippen LogP contribution is 2.22. The minimum Gasteiger partial charge on any atom is -0.343 e. The van der Waals surface area contributed by atoms with Crippen LogP contribution in [0, 0.1) is 0 Å². The molecule has 19 heavy (non-hydrogen) atoms. The molecule has 4 nitrogen and oxygen atoms in total. The van der Waals surface area contributed by atoms with Crippen molar-refractivity contribution in [1.29, 1.82) is 0 Å². The molecule has 1 N–H and O–H groups in total. The van der Waals surface area contributed by atoms with Crippen LogP contribution in [0.3, 0.4) is 0 Å². The van der Waals surface area contributed by atoms with Crippen molar-refractivity contribution in [2.45, 2.75) is 11.1 Å². The molecule has 1 aromatic rings. The van der Waals surface area contributed by atoms with Gasteiger partial charge in [-0.25, -0.2) is 8.42 Å². The second-order valence-corrected chi connectivity index (χ2v) is 6.41. The molecule has 0 spiro atoms. The van der Waals surface area contributed by atoms with Gasteiger partial charge in [0.05, 0.1) is 4.90 Å². The van der Waals surface area contributed by atoms with E-state index in [2.05, 4.69) is 0 Å². The molecule has 0 unspecified atom stereocenters. The molecule has 0 radical (unpaired) electrons. The molecule has 10 heteroatoms. The third kappa shape index (κ3) is 5.25. The van der Waals surface area contributed by atoms with Crippen molar-refractivity contribution in [3.05, 3.63) is 28.8 Å². The summed E-state index contributed by atoms with van der Waals surface area (Å²) in [6.45, 7) is -1.54. The van der Waals surface area contributed by atoms with Crippen molar-refractivity contribution < 1.29 is 26.4 Å². The van der Waals surface area contributed by atoms with Crippen LogP contribution in [-0.4, -0.2) is 27.0 Å². The summed E-state index contributed by atoms with van der Waals surface area (Å²) in [7, 11) is 0.920. The smallest absolute Gasteiger partial charge is 0.343 e. The molecule has 0 aliphatic heterocycles. The summed E-state index contributed by atoms with van der Waals surface area (Å²) in [4.78, 5) is 10.9. The lowest BCUT2D eigenvalue weighted by atomic mass is 10.2. The number of hydrogen-bond acceptors (Lipinski definition) is 3. The van der Waals surface area contributed by atoms with Crippen molar-refractivity contribution in [2.24, 2.45) is 0 Å². The van der Waals surface area contributed by atoms with Gasteiger partial charge >= 0.3 is 6.18 Å². The Morgan fingerprint density at radius 3 is 2.32 bits per heavy atom. The van der Waals surface area contributed by atoms with Gasteiger partial charge in [-0.1, -0.05) is 11.6 Å². The Hall–Kier alpha value is -0.990. The highest BCUT2D eigenvalue weighted by molar-refractivity contribution is 8.13. The molecular weight excluding hydrogens is 330 g/mol. The number of carbonyl (C=O) groups excluding carboxylic acids is 1. The molecule has 0 atom stereocenters. The first-order valence-electron chi connectivity index (χ1n) is 4.59. The molecular formula is C9H6Cl2F3NO3S. The first-order valence-corrected chi connectivity index (χ1v) is 7.28. The van der Waals surface area contributed by atoms with E-state index in [1.165, 1.54) is 0 Å². The molecule has 0 saturated heterocycles. The zero-order valence-electron chi connectivity index (χ0n) is 8.96. The molecule has 1 amide bonds. The number of hydrogen-bond donors (Lipinski definition) is 1. The molecule has 0 aliphatic rings. The van der Waals surface area contributed by atoms with Crippen LogP contribution in [0.15, 0.2) is 23.1 Å². The van der Waals surface area contributed by atoms with Crippen LogP contribution in [-0.2, 0) is 9.05 Å². The van der Waals surface area contributed by atoms with Gasteiger partial charge in [-0.2, -0.15) is 13.2 Å². The highest BCUT2D eigenvalue weighted by Gasteiger charge is 2.28. The largest absolute Gasteiger partial charge is 0.405 e. The third-order valence-electron chi connectivity index (χ3n) is 1.86. The fourth-order valence-corrected chi connectivity index (χ4v) is 2.22. The standard InChI is InChI=1S/C9H6Cl2F3NO3S/c10-6-1-5(2-7(3-6)19(11,17)18)8(16)15-4-9(12,13)14/h1-3H,4H2,(H,15,16). The predicted molar refractivity (Wildman–Crippen MR) is 62.9 cm³/mol. The summed E-state index contributed by atoms with van der Waals surface area (Å²) >= 11 is 5.56. The van der Waals surface area contributed by atoms with E-state index in [-0.39, 0.29) is 10.6 Å². The number of alkyl halides is 3. The lowest BCUT2D eigenvalue weighted by Gasteiger charge is -2.09. The lowest BCUT2D eigenvalue weighted by molar-refractivity contribution is -0.123. The van der Waals surface area contributed by atoms with Crippen LogP contribution in [0.2, 0.25) is 5.02 Å². The quantitative estimate of drug-likeness (QED) is 0.863. The topological polar surface area (TPSA) is 63.2 Å². The molecule has 1 aromatic carbocycles. The normalized spacial score (nSPS) is 12.3. The Balaban J connectivity index is 3.02. The summed E-state index contributed by atoms with van der Waals surface area (Å²) in [5.41, 5.74) is -0.337. The van der Waals surface area contributed by atoms with E-state index in [1.807, 2.05) is 0 Å². The van der Waals surface area contributed by atoms with E-state index >= 15 is 0 Å². The zero-order chi connectivity index (χ0) is 14.8. The molecule has 0 aromatic heterocycles. The maximum Gasteiger partial charge on any atom is 0.405 e. The summed E-state index contributed by atoms with van der Waals surface area (Å²) in [5, 5.41) is 1.44. The predicted octanol–water partition coefficient (Wildman–Crippen LogP) is 2.56. The number of halogens is 5. The lowest BCUT2D eigenvalue weighted by Crippen LogP contribution is -2.33. The number of rotatable bonds is 3. The maximum absolute atomic E-state index is 11.9. The van der Waals surface area contributed by atoms with E-state index in [9.17, 15) is 26.4 Å². The first-order chi connectivity index (χ1) is 8.49. The van der Waals surface area contributed by atoms with Gasteiger partial charge in [-0.15, -0.1) is 0 Å². The fraction of sp³-hybridized carbons (Fsp3) is 0.222. The van der Waals surface area contributed by atoms with E-state index < -0.39 is 32.6 Å². The van der Waals surface area contributed by atoms with Gasteiger partial charge in [0.2, 0.25) is 0 Å². The second kappa shape index (κ2) is 5.56. The monoisotopic (exact) mass is 335 g/mol. The summed E-state index contributed by atoms with van der Waals surface area (Å²) in [6, 6.07) is 2.84. The minimum atomic E-state index is -4.57. The van der Waals surface area contributed by atoms with Crippen LogP contribution in [0.25, 0.3) is 0 Å². The average Bonchev–Trinajstić information content (AvgIpc) is 2.22. The van der Waals surface area contributed by atoms with Gasteiger partial charge in [0, 0.05) is 21.3 Å². The summed E-state index contributed by atoms with van der Waals surface area (Å²) in [6.07, 6.45) is -4.57. The van der Waals surface area contributed by atoms with E-state index in [0.29, 0.717) is 0 Å². The van der Waals surface area contributed by atoms with E-state index in [1.54, 1.807) is 5.32 Å². The van der Waals surface area contributed by atoms with Crippen molar-refractivity contribution in [3.8, 4) is 0 Å². The Kier molecular flexibility index (Phi) is 4.70. The number of amides is 1. The molecule has 0 saturated carbocycles. The summed E-state index contributed by atoms with van der Waals surface area (Å²) in [5.74, 6) is -1.11. The summed E-state index contributed by atoms with van der Waals surface area (Å²) < 4.78 is 57.9. The highest BCUT2D eigenvalue weighted by atomic mass is 35.7. The van der Waals surface area contributed by atoms with Gasteiger partial charge in [-0.05, 0) is 18.2 Å². The van der Waals surface area contributed by atoms with Crippen LogP contribution < -0.4 is 5.32 Å². The molecule has 106 valence electrons. The molecule has 1 rings (SSSR count). The SMILES string of the molecule is O=C(NCC(F)(F)F)c1cc(Cl)cc(S(=O)(=O)Cl)c1. The Bertz CT molecular complexity index is 601. The number of benzene rings is 1. The molecule has 0 fully saturated rings. The van der Waals surface area contributed by atoms with Crippen LogP contribution in [0.4, 0.5) is 13.2 Å². The molecule has 0 heterocycles. The molecule has 0 aliphatic carbocycles. The molecule has 0 bridgehead atoms. The average molecular weight is 336 g/mol. The first kappa shape index (κ1) is 16.1. The fourth-order valence-electron chi connectivity index (χ4n) is 1.12.